The van der Waals surface area contributed by atoms with E-state index in [1.54, 1.807) is 23.1 Å². The first-order valence-corrected chi connectivity index (χ1v) is 10.1. The van der Waals surface area contributed by atoms with Crippen LogP contribution in [0.15, 0.2) is 47.1 Å². The molecule has 0 aliphatic carbocycles. The number of rotatable bonds is 4. The molecule has 8 nitrogen and oxygen atoms in total. The highest BCUT2D eigenvalue weighted by Crippen LogP contribution is 2.29. The summed E-state index contributed by atoms with van der Waals surface area (Å²) in [6.07, 6.45) is -3.20. The average molecular weight is 456 g/mol. The smallest absolute Gasteiger partial charge is 0.333 e. The maximum Gasteiger partial charge on any atom is 0.471 e. The van der Waals surface area contributed by atoms with Gasteiger partial charge in [0.05, 0.1) is 11.3 Å². The first kappa shape index (κ1) is 22.4. The van der Waals surface area contributed by atoms with Crippen LogP contribution in [0.25, 0.3) is 11.4 Å². The molecular weight excluding hydrogens is 437 g/mol. The van der Waals surface area contributed by atoms with E-state index >= 15 is 0 Å². The number of halogens is 3. The van der Waals surface area contributed by atoms with Crippen molar-refractivity contribution in [2.45, 2.75) is 25.7 Å². The van der Waals surface area contributed by atoms with Crippen molar-refractivity contribution >= 4 is 5.91 Å². The van der Waals surface area contributed by atoms with Crippen LogP contribution in [0, 0.1) is 11.3 Å². The highest BCUT2D eigenvalue weighted by Gasteiger charge is 2.38. The summed E-state index contributed by atoms with van der Waals surface area (Å²) < 4.78 is 42.5. The number of amides is 1. The molecular formula is C22H19F3N6O2. The van der Waals surface area contributed by atoms with Gasteiger partial charge in [-0.05, 0) is 31.2 Å². The van der Waals surface area contributed by atoms with Crippen molar-refractivity contribution in [2.75, 3.05) is 19.6 Å². The molecule has 2 aromatic heterocycles. The van der Waals surface area contributed by atoms with E-state index in [1.807, 2.05) is 19.1 Å². The van der Waals surface area contributed by atoms with Crippen LogP contribution in [-0.4, -0.2) is 56.5 Å². The van der Waals surface area contributed by atoms with Gasteiger partial charge in [-0.3, -0.25) is 14.7 Å². The van der Waals surface area contributed by atoms with E-state index in [1.165, 1.54) is 18.3 Å². The minimum absolute atomic E-state index is 0.0877. The number of hydrogen-bond donors (Lipinski definition) is 0. The van der Waals surface area contributed by atoms with Crippen molar-refractivity contribution in [1.29, 1.82) is 5.26 Å². The van der Waals surface area contributed by atoms with Gasteiger partial charge in [0.15, 0.2) is 0 Å². The Balaban J connectivity index is 1.43. The number of piperazine rings is 1. The third-order valence-electron chi connectivity index (χ3n) is 5.35. The number of carbonyl (C=O) groups excluding carboxylic acids is 1. The second-order valence-corrected chi connectivity index (χ2v) is 7.73. The van der Waals surface area contributed by atoms with Gasteiger partial charge in [-0.25, -0.2) is 0 Å². The van der Waals surface area contributed by atoms with Gasteiger partial charge in [-0.15, -0.1) is 0 Å². The molecule has 33 heavy (non-hydrogen) atoms. The molecule has 1 aliphatic heterocycles. The fraction of sp³-hybridized carbons (Fsp3) is 0.318. The number of benzene rings is 1. The third kappa shape index (κ3) is 5.01. The SMILES string of the molecule is CC1CN(Cc2ccc(C#N)cn2)CCN1C(=O)c1cccc(-c2noc(C(F)(F)F)n2)c1. The fourth-order valence-corrected chi connectivity index (χ4v) is 3.70. The Hall–Kier alpha value is -3.78. The van der Waals surface area contributed by atoms with Gasteiger partial charge in [0.1, 0.15) is 6.07 Å². The standard InChI is InChI=1S/C22H19F3N6O2/c1-14-12-30(13-18-6-5-15(10-26)11-27-18)7-8-31(14)20(32)17-4-2-3-16(9-17)19-28-21(33-29-19)22(23,24)25/h2-6,9,11,14H,7-8,12-13H2,1H3. The maximum atomic E-state index is 13.1. The van der Waals surface area contributed by atoms with Crippen LogP contribution < -0.4 is 0 Å². The largest absolute Gasteiger partial charge is 0.471 e. The Bertz CT molecular complexity index is 1190. The van der Waals surface area contributed by atoms with Crippen LogP contribution in [0.5, 0.6) is 0 Å². The number of hydrogen-bond acceptors (Lipinski definition) is 7. The summed E-state index contributed by atoms with van der Waals surface area (Å²) in [4.78, 5) is 24.7. The summed E-state index contributed by atoms with van der Waals surface area (Å²) in [7, 11) is 0. The molecule has 1 fully saturated rings. The molecule has 0 spiro atoms. The van der Waals surface area contributed by atoms with Gasteiger partial charge in [0.2, 0.25) is 5.82 Å². The number of aromatic nitrogens is 3. The monoisotopic (exact) mass is 456 g/mol. The molecule has 0 saturated carbocycles. The normalized spacial score (nSPS) is 17.1. The highest BCUT2D eigenvalue weighted by molar-refractivity contribution is 5.95. The van der Waals surface area contributed by atoms with Crippen LogP contribution in [0.1, 0.15) is 34.4 Å². The number of alkyl halides is 3. The molecule has 0 radical (unpaired) electrons. The Morgan fingerprint density at radius 3 is 2.73 bits per heavy atom. The molecule has 11 heteroatoms. The van der Waals surface area contributed by atoms with Crippen molar-refractivity contribution in [1.82, 2.24) is 24.9 Å². The molecule has 0 bridgehead atoms. The average Bonchev–Trinajstić information content (AvgIpc) is 3.31. The fourth-order valence-electron chi connectivity index (χ4n) is 3.70. The summed E-state index contributed by atoms with van der Waals surface area (Å²) in [5, 5.41) is 12.3. The Morgan fingerprint density at radius 2 is 2.09 bits per heavy atom. The van der Waals surface area contributed by atoms with Crippen molar-refractivity contribution in [2.24, 2.45) is 0 Å². The molecule has 1 saturated heterocycles. The first-order chi connectivity index (χ1) is 15.7. The molecule has 4 rings (SSSR count). The molecule has 1 atom stereocenters. The van der Waals surface area contributed by atoms with E-state index in [9.17, 15) is 18.0 Å². The summed E-state index contributed by atoms with van der Waals surface area (Å²) in [6.45, 7) is 4.30. The highest BCUT2D eigenvalue weighted by atomic mass is 19.4. The summed E-state index contributed by atoms with van der Waals surface area (Å²) in [6, 6.07) is 11.7. The van der Waals surface area contributed by atoms with Gasteiger partial charge < -0.3 is 9.42 Å². The molecule has 0 N–H and O–H groups in total. The van der Waals surface area contributed by atoms with Crippen LogP contribution in [0.4, 0.5) is 13.2 Å². The maximum absolute atomic E-state index is 13.1. The molecule has 1 amide bonds. The van der Waals surface area contributed by atoms with Crippen molar-refractivity contribution in [3.05, 3.63) is 65.3 Å². The van der Waals surface area contributed by atoms with Gasteiger partial charge in [-0.1, -0.05) is 17.3 Å². The molecule has 3 heterocycles. The van der Waals surface area contributed by atoms with E-state index < -0.39 is 12.1 Å². The van der Waals surface area contributed by atoms with Crippen molar-refractivity contribution in [3.63, 3.8) is 0 Å². The summed E-state index contributed by atoms with van der Waals surface area (Å²) in [5.74, 6) is -1.89. The molecule has 170 valence electrons. The predicted molar refractivity (Wildman–Crippen MR) is 109 cm³/mol. The molecule has 3 aromatic rings. The topological polar surface area (TPSA) is 99.2 Å². The zero-order valence-electron chi connectivity index (χ0n) is 17.6. The number of carbonyl (C=O) groups is 1. The summed E-state index contributed by atoms with van der Waals surface area (Å²) >= 11 is 0. The van der Waals surface area contributed by atoms with Gasteiger partial charge in [0.25, 0.3) is 5.91 Å². The van der Waals surface area contributed by atoms with Crippen LogP contribution in [-0.2, 0) is 12.7 Å². The minimum Gasteiger partial charge on any atom is -0.333 e. The van der Waals surface area contributed by atoms with E-state index in [0.29, 0.717) is 37.3 Å². The van der Waals surface area contributed by atoms with Crippen LogP contribution >= 0.6 is 0 Å². The predicted octanol–water partition coefficient (Wildman–Crippen LogP) is 3.37. The van der Waals surface area contributed by atoms with Crippen molar-refractivity contribution in [3.8, 4) is 17.5 Å². The van der Waals surface area contributed by atoms with Gasteiger partial charge in [0, 0.05) is 49.5 Å². The summed E-state index contributed by atoms with van der Waals surface area (Å²) in [5.41, 5.74) is 1.94. The molecule has 1 aliphatic rings. The third-order valence-corrected chi connectivity index (χ3v) is 5.35. The number of nitrogens with zero attached hydrogens (tertiary/aromatic N) is 6. The van der Waals surface area contributed by atoms with E-state index in [2.05, 4.69) is 24.5 Å². The van der Waals surface area contributed by atoms with E-state index in [-0.39, 0.29) is 23.3 Å². The lowest BCUT2D eigenvalue weighted by Gasteiger charge is -2.39. The lowest BCUT2D eigenvalue weighted by atomic mass is 10.1. The second kappa shape index (κ2) is 8.99. The van der Waals surface area contributed by atoms with Crippen LogP contribution in [0.3, 0.4) is 0 Å². The lowest BCUT2D eigenvalue weighted by molar-refractivity contribution is -0.159. The zero-order chi connectivity index (χ0) is 23.6. The Kier molecular flexibility index (Phi) is 6.11. The number of pyridine rings is 1. The minimum atomic E-state index is -4.74. The first-order valence-electron chi connectivity index (χ1n) is 10.1. The second-order valence-electron chi connectivity index (χ2n) is 7.73. The number of nitriles is 1. The van der Waals surface area contributed by atoms with Crippen LogP contribution in [0.2, 0.25) is 0 Å². The Labute approximate surface area is 187 Å². The molecule has 1 aromatic carbocycles. The zero-order valence-corrected chi connectivity index (χ0v) is 17.6. The van der Waals surface area contributed by atoms with Gasteiger partial charge >= 0.3 is 12.1 Å². The van der Waals surface area contributed by atoms with E-state index in [0.717, 1.165) is 5.69 Å². The van der Waals surface area contributed by atoms with Gasteiger partial charge in [-0.2, -0.15) is 23.4 Å². The quantitative estimate of drug-likeness (QED) is 0.594. The Morgan fingerprint density at radius 1 is 1.27 bits per heavy atom. The van der Waals surface area contributed by atoms with Crippen molar-refractivity contribution < 1.29 is 22.5 Å². The lowest BCUT2D eigenvalue weighted by Crippen LogP contribution is -2.53. The molecule has 1 unspecified atom stereocenters. The van der Waals surface area contributed by atoms with E-state index in [4.69, 9.17) is 5.26 Å².